The van der Waals surface area contributed by atoms with E-state index in [0.717, 1.165) is 6.07 Å². The summed E-state index contributed by atoms with van der Waals surface area (Å²) in [6.07, 6.45) is -3.17. The molecule has 0 saturated heterocycles. The van der Waals surface area contributed by atoms with Gasteiger partial charge in [-0.15, -0.1) is 0 Å². The Hall–Kier alpha value is 0.861. The van der Waals surface area contributed by atoms with Gasteiger partial charge in [-0.1, -0.05) is 23.1 Å². The molecule has 0 atom stereocenters. The second-order valence-electron chi connectivity index (χ2n) is 2.65. The Morgan fingerprint density at radius 3 is 2.07 bits per heavy atom. The average molecular weight is 268 g/mol. The first-order chi connectivity index (χ1) is 6.32. The van der Waals surface area contributed by atoms with E-state index in [0.29, 0.717) is 12.1 Å². The van der Waals surface area contributed by atoms with Gasteiger partial charge in [0, 0.05) is 5.02 Å². The van der Waals surface area contributed by atoms with Crippen molar-refractivity contribution in [2.45, 2.75) is 6.43 Å². The van der Waals surface area contributed by atoms with E-state index in [4.69, 9.17) is 11.6 Å². The number of benzene rings is 1. The van der Waals surface area contributed by atoms with Gasteiger partial charge in [-0.2, -0.15) is 0 Å². The monoisotopic (exact) mass is 268 g/mol. The molecule has 15 heavy (non-hydrogen) atoms. The molecule has 0 aliphatic heterocycles. The molecule has 0 bridgehead atoms. The maximum Gasteiger partial charge on any atom is 1.00 e. The molecule has 8 heteroatoms. The third-order valence-corrected chi connectivity index (χ3v) is 1.87. The molecular formula is C7H4BClF5K. The second-order valence-corrected chi connectivity index (χ2v) is 3.09. The van der Waals surface area contributed by atoms with E-state index >= 15 is 0 Å². The molecule has 0 aliphatic rings. The van der Waals surface area contributed by atoms with Crippen molar-refractivity contribution in [2.24, 2.45) is 0 Å². The Kier molecular flexibility index (Phi) is 6.32. The van der Waals surface area contributed by atoms with Gasteiger partial charge in [0.15, 0.2) is 0 Å². The number of rotatable bonds is 2. The number of hydrogen-bond acceptors (Lipinski definition) is 0. The minimum atomic E-state index is -5.42. The molecule has 0 amide bonds. The molecule has 0 nitrogen and oxygen atoms in total. The van der Waals surface area contributed by atoms with Crippen LogP contribution in [0, 0.1) is 0 Å². The number of alkyl halides is 2. The summed E-state index contributed by atoms with van der Waals surface area (Å²) in [7, 11) is 0. The molecule has 0 aromatic heterocycles. The van der Waals surface area contributed by atoms with Gasteiger partial charge in [0.05, 0.1) is 0 Å². The maximum atomic E-state index is 12.2. The third-order valence-electron chi connectivity index (χ3n) is 1.64. The van der Waals surface area contributed by atoms with Crippen molar-refractivity contribution >= 4 is 24.0 Å². The molecule has 0 saturated carbocycles. The summed E-state index contributed by atoms with van der Waals surface area (Å²) in [4.78, 5) is 0. The van der Waals surface area contributed by atoms with Crippen LogP contribution in [0.3, 0.4) is 0 Å². The van der Waals surface area contributed by atoms with Crippen molar-refractivity contribution in [3.8, 4) is 0 Å². The normalized spacial score (nSPS) is 11.4. The minimum Gasteiger partial charge on any atom is -0.445 e. The van der Waals surface area contributed by atoms with E-state index < -0.39 is 24.4 Å². The molecule has 0 heterocycles. The maximum absolute atomic E-state index is 12.2. The van der Waals surface area contributed by atoms with Crippen LogP contribution in [-0.4, -0.2) is 6.98 Å². The molecule has 1 aromatic carbocycles. The van der Waals surface area contributed by atoms with Gasteiger partial charge < -0.3 is 12.9 Å². The Morgan fingerprint density at radius 1 is 1.13 bits per heavy atom. The molecule has 0 aliphatic carbocycles. The van der Waals surface area contributed by atoms with Gasteiger partial charge in [-0.25, -0.2) is 8.78 Å². The SMILES string of the molecule is FC(F)c1cc(Cl)ccc1[B-](F)(F)F.[K+]. The fourth-order valence-electron chi connectivity index (χ4n) is 1.03. The summed E-state index contributed by atoms with van der Waals surface area (Å²) in [5, 5.41) is -0.135. The van der Waals surface area contributed by atoms with Crippen LogP contribution in [0.2, 0.25) is 5.02 Å². The van der Waals surface area contributed by atoms with Gasteiger partial charge in [0.2, 0.25) is 0 Å². The zero-order chi connectivity index (χ0) is 10.9. The van der Waals surface area contributed by atoms with Crippen molar-refractivity contribution in [1.82, 2.24) is 0 Å². The van der Waals surface area contributed by atoms with Gasteiger partial charge in [0.1, 0.15) is 0 Å². The molecule has 0 spiro atoms. The smallest absolute Gasteiger partial charge is 0.445 e. The van der Waals surface area contributed by atoms with Gasteiger partial charge in [0.25, 0.3) is 6.43 Å². The van der Waals surface area contributed by atoms with Crippen molar-refractivity contribution < 1.29 is 73.1 Å². The fourth-order valence-corrected chi connectivity index (χ4v) is 1.21. The average Bonchev–Trinajstić information content (AvgIpc) is 2.01. The predicted molar refractivity (Wildman–Crippen MR) is 45.1 cm³/mol. The summed E-state index contributed by atoms with van der Waals surface area (Å²) >= 11 is 5.32. The van der Waals surface area contributed by atoms with Gasteiger partial charge in [-0.3, -0.25) is 0 Å². The van der Waals surface area contributed by atoms with Gasteiger partial charge >= 0.3 is 58.4 Å². The summed E-state index contributed by atoms with van der Waals surface area (Å²) < 4.78 is 61.1. The quantitative estimate of drug-likeness (QED) is 0.536. The summed E-state index contributed by atoms with van der Waals surface area (Å²) in [6.45, 7) is -5.42. The van der Waals surface area contributed by atoms with E-state index in [1.807, 2.05) is 0 Å². The Bertz CT molecular complexity index is 341. The van der Waals surface area contributed by atoms with E-state index in [-0.39, 0.29) is 56.4 Å². The number of halogens is 6. The van der Waals surface area contributed by atoms with Crippen LogP contribution in [0.1, 0.15) is 12.0 Å². The molecule has 1 rings (SSSR count). The first-order valence-corrected chi connectivity index (χ1v) is 3.97. The van der Waals surface area contributed by atoms with Crippen molar-refractivity contribution in [2.75, 3.05) is 0 Å². The number of hydrogen-bond donors (Lipinski definition) is 0. The molecule has 1 aromatic rings. The van der Waals surface area contributed by atoms with Crippen LogP contribution in [-0.2, 0) is 0 Å². The van der Waals surface area contributed by atoms with E-state index in [1.54, 1.807) is 0 Å². The van der Waals surface area contributed by atoms with Crippen LogP contribution < -0.4 is 56.8 Å². The summed E-state index contributed by atoms with van der Waals surface area (Å²) in [5.41, 5.74) is -2.35. The first-order valence-electron chi connectivity index (χ1n) is 3.60. The molecule has 78 valence electrons. The zero-order valence-corrected chi connectivity index (χ0v) is 11.5. The van der Waals surface area contributed by atoms with Crippen molar-refractivity contribution in [3.63, 3.8) is 0 Å². The standard InChI is InChI=1S/C7H4BClF5.K/c9-4-1-2-6(8(12,13)14)5(3-4)7(10)11;/h1-3,7H;/q-1;+1. The van der Waals surface area contributed by atoms with Crippen molar-refractivity contribution in [3.05, 3.63) is 28.8 Å². The summed E-state index contributed by atoms with van der Waals surface area (Å²) in [5.74, 6) is 0. The topological polar surface area (TPSA) is 0 Å². The van der Waals surface area contributed by atoms with E-state index in [2.05, 4.69) is 0 Å². The summed E-state index contributed by atoms with van der Waals surface area (Å²) in [6, 6.07) is 2.15. The van der Waals surface area contributed by atoms with Crippen LogP contribution in [0.15, 0.2) is 18.2 Å². The van der Waals surface area contributed by atoms with Crippen LogP contribution in [0.5, 0.6) is 0 Å². The third kappa shape index (κ3) is 4.32. The van der Waals surface area contributed by atoms with Crippen LogP contribution in [0.25, 0.3) is 0 Å². The Morgan fingerprint density at radius 2 is 1.67 bits per heavy atom. The van der Waals surface area contributed by atoms with Gasteiger partial charge in [-0.05, 0) is 17.7 Å². The molecule has 0 fully saturated rings. The first kappa shape index (κ1) is 15.9. The van der Waals surface area contributed by atoms with Crippen molar-refractivity contribution in [1.29, 1.82) is 0 Å². The van der Waals surface area contributed by atoms with Crippen LogP contribution >= 0.6 is 11.6 Å². The predicted octanol–water partition coefficient (Wildman–Crippen LogP) is 0.336. The molecule has 0 unspecified atom stereocenters. The fraction of sp³-hybridized carbons (Fsp3) is 0.143. The Balaban J connectivity index is 0.00000196. The largest absolute Gasteiger partial charge is 1.00 e. The molecular weight excluding hydrogens is 264 g/mol. The van der Waals surface area contributed by atoms with Crippen LogP contribution in [0.4, 0.5) is 21.7 Å². The van der Waals surface area contributed by atoms with E-state index in [9.17, 15) is 21.7 Å². The molecule has 0 N–H and O–H groups in total. The molecule has 0 radical (unpaired) electrons. The van der Waals surface area contributed by atoms with E-state index in [1.165, 1.54) is 0 Å². The second kappa shape index (κ2) is 5.97. The Labute approximate surface area is 131 Å². The zero-order valence-electron chi connectivity index (χ0n) is 7.65. The minimum absolute atomic E-state index is 0.